The summed E-state index contributed by atoms with van der Waals surface area (Å²) in [6.07, 6.45) is 4.79. The van der Waals surface area contributed by atoms with Gasteiger partial charge in [0, 0.05) is 10.5 Å². The second-order valence-electron chi connectivity index (χ2n) is 5.20. The first-order valence-corrected chi connectivity index (χ1v) is 9.09. The monoisotopic (exact) mass is 345 g/mol. The van der Waals surface area contributed by atoms with Crippen molar-refractivity contribution in [2.75, 3.05) is 0 Å². The summed E-state index contributed by atoms with van der Waals surface area (Å²) in [5, 5.41) is -0.212. The molecule has 1 aromatic rings. The number of nitrogens with one attached hydrogen (secondary N) is 1. The van der Waals surface area contributed by atoms with Gasteiger partial charge in [0.2, 0.25) is 10.0 Å². The molecule has 1 atom stereocenters. The van der Waals surface area contributed by atoms with Crippen LogP contribution in [0.1, 0.15) is 50.6 Å². The minimum Gasteiger partial charge on any atom is -0.212 e. The smallest absolute Gasteiger partial charge is 0.212 e. The highest BCUT2D eigenvalue weighted by atomic mass is 79.9. The summed E-state index contributed by atoms with van der Waals surface area (Å²) in [6, 6.07) is 7.56. The fourth-order valence-electron chi connectivity index (χ4n) is 2.56. The van der Waals surface area contributed by atoms with Crippen molar-refractivity contribution < 1.29 is 8.42 Å². The van der Waals surface area contributed by atoms with Crippen molar-refractivity contribution in [1.82, 2.24) is 4.72 Å². The summed E-state index contributed by atoms with van der Waals surface area (Å²) in [4.78, 5) is 0. The highest BCUT2D eigenvalue weighted by molar-refractivity contribution is 9.10. The maximum Gasteiger partial charge on any atom is 0.215 e. The Hall–Kier alpha value is -0.390. The molecule has 1 aromatic carbocycles. The van der Waals surface area contributed by atoms with Gasteiger partial charge in [-0.15, -0.1) is 0 Å². The molecular weight excluding hydrogens is 326 g/mol. The molecule has 3 nitrogen and oxygen atoms in total. The van der Waals surface area contributed by atoms with E-state index in [9.17, 15) is 8.42 Å². The minimum atomic E-state index is -3.21. The Bertz CT molecular complexity index is 524. The third-order valence-corrected chi connectivity index (χ3v) is 6.21. The van der Waals surface area contributed by atoms with Gasteiger partial charge in [-0.3, -0.25) is 0 Å². The van der Waals surface area contributed by atoms with Crippen LogP contribution in [-0.4, -0.2) is 13.7 Å². The number of sulfonamides is 1. The average Bonchev–Trinajstić information content (AvgIpc) is 2.39. The second kappa shape index (κ2) is 6.37. The SMILES string of the molecule is CC(NS(=O)(=O)C1CCCCC1)c1cccc(Br)c1. The van der Waals surface area contributed by atoms with E-state index in [1.54, 1.807) is 0 Å². The Morgan fingerprint density at radius 1 is 1.26 bits per heavy atom. The Morgan fingerprint density at radius 2 is 1.95 bits per heavy atom. The van der Waals surface area contributed by atoms with Crippen molar-refractivity contribution in [3.63, 3.8) is 0 Å². The third kappa shape index (κ3) is 4.04. The summed E-state index contributed by atoms with van der Waals surface area (Å²) >= 11 is 3.41. The van der Waals surface area contributed by atoms with Crippen LogP contribution >= 0.6 is 15.9 Å². The number of hydrogen-bond acceptors (Lipinski definition) is 2. The minimum absolute atomic E-state index is 0.190. The molecule has 1 aliphatic carbocycles. The van der Waals surface area contributed by atoms with Crippen LogP contribution in [0.4, 0.5) is 0 Å². The third-order valence-electron chi connectivity index (χ3n) is 3.68. The van der Waals surface area contributed by atoms with Crippen molar-refractivity contribution in [3.8, 4) is 0 Å². The maximum absolute atomic E-state index is 12.3. The predicted molar refractivity (Wildman–Crippen MR) is 81.5 cm³/mol. The Morgan fingerprint density at radius 3 is 2.58 bits per heavy atom. The van der Waals surface area contributed by atoms with Crippen LogP contribution in [0.15, 0.2) is 28.7 Å². The summed E-state index contributed by atoms with van der Waals surface area (Å²) in [7, 11) is -3.21. The summed E-state index contributed by atoms with van der Waals surface area (Å²) < 4.78 is 28.5. The molecule has 1 unspecified atom stereocenters. The number of benzene rings is 1. The van der Waals surface area contributed by atoms with E-state index >= 15 is 0 Å². The molecule has 0 aliphatic heterocycles. The lowest BCUT2D eigenvalue weighted by Crippen LogP contribution is -2.37. The Labute approximate surface area is 124 Å². The normalized spacial score (nSPS) is 19.3. The maximum atomic E-state index is 12.3. The molecule has 0 spiro atoms. The van der Waals surface area contributed by atoms with Crippen molar-refractivity contribution >= 4 is 26.0 Å². The van der Waals surface area contributed by atoms with E-state index in [1.165, 1.54) is 0 Å². The molecule has 19 heavy (non-hydrogen) atoms. The van der Waals surface area contributed by atoms with Crippen molar-refractivity contribution in [3.05, 3.63) is 34.3 Å². The van der Waals surface area contributed by atoms with E-state index in [2.05, 4.69) is 20.7 Å². The van der Waals surface area contributed by atoms with E-state index in [-0.39, 0.29) is 11.3 Å². The second-order valence-corrected chi connectivity index (χ2v) is 8.11. The number of hydrogen-bond donors (Lipinski definition) is 1. The van der Waals surface area contributed by atoms with E-state index in [1.807, 2.05) is 31.2 Å². The molecule has 0 saturated heterocycles. The summed E-state index contributed by atoms with van der Waals surface area (Å²) in [5.74, 6) is 0. The van der Waals surface area contributed by atoms with Gasteiger partial charge in [0.15, 0.2) is 0 Å². The summed E-state index contributed by atoms with van der Waals surface area (Å²) in [5.41, 5.74) is 0.980. The van der Waals surface area contributed by atoms with Crippen molar-refractivity contribution in [1.29, 1.82) is 0 Å². The first-order valence-electron chi connectivity index (χ1n) is 6.75. The molecule has 1 aliphatic rings. The fourth-order valence-corrected chi connectivity index (χ4v) is 4.75. The molecule has 1 fully saturated rings. The molecule has 0 heterocycles. The highest BCUT2D eigenvalue weighted by Gasteiger charge is 2.28. The topological polar surface area (TPSA) is 46.2 Å². The van der Waals surface area contributed by atoms with Gasteiger partial charge >= 0.3 is 0 Å². The van der Waals surface area contributed by atoms with Crippen LogP contribution in [0, 0.1) is 0 Å². The van der Waals surface area contributed by atoms with Crippen molar-refractivity contribution in [2.24, 2.45) is 0 Å². The van der Waals surface area contributed by atoms with Gasteiger partial charge in [-0.2, -0.15) is 0 Å². The number of rotatable bonds is 4. The quantitative estimate of drug-likeness (QED) is 0.902. The first-order chi connectivity index (χ1) is 8.99. The van der Waals surface area contributed by atoms with Crippen LogP contribution < -0.4 is 4.72 Å². The lowest BCUT2D eigenvalue weighted by molar-refractivity contribution is 0.473. The van der Waals surface area contributed by atoms with Gasteiger partial charge in [-0.25, -0.2) is 13.1 Å². The molecule has 1 saturated carbocycles. The molecular formula is C14H20BrNO2S. The Kier molecular flexibility index (Phi) is 5.03. The highest BCUT2D eigenvalue weighted by Crippen LogP contribution is 2.25. The zero-order valence-electron chi connectivity index (χ0n) is 11.1. The molecule has 0 aromatic heterocycles. The molecule has 0 amide bonds. The van der Waals surface area contributed by atoms with Gasteiger partial charge in [0.1, 0.15) is 0 Å². The average molecular weight is 346 g/mol. The van der Waals surface area contributed by atoms with Crippen LogP contribution in [0.5, 0.6) is 0 Å². The molecule has 106 valence electrons. The van der Waals surface area contributed by atoms with Crippen LogP contribution in [0.25, 0.3) is 0 Å². The van der Waals surface area contributed by atoms with Gasteiger partial charge in [0.25, 0.3) is 0 Å². The van der Waals surface area contributed by atoms with E-state index in [0.29, 0.717) is 0 Å². The van der Waals surface area contributed by atoms with E-state index < -0.39 is 10.0 Å². The van der Waals surface area contributed by atoms with E-state index in [0.717, 1.165) is 42.1 Å². The molecule has 0 bridgehead atoms. The van der Waals surface area contributed by atoms with E-state index in [4.69, 9.17) is 0 Å². The molecule has 5 heteroatoms. The van der Waals surface area contributed by atoms with Crippen LogP contribution in [-0.2, 0) is 10.0 Å². The fraction of sp³-hybridized carbons (Fsp3) is 0.571. The van der Waals surface area contributed by atoms with Gasteiger partial charge in [0.05, 0.1) is 5.25 Å². The largest absolute Gasteiger partial charge is 0.215 e. The zero-order chi connectivity index (χ0) is 13.9. The lowest BCUT2D eigenvalue weighted by Gasteiger charge is -2.24. The first kappa shape index (κ1) is 15.0. The predicted octanol–water partition coefficient (Wildman–Crippen LogP) is 3.76. The standard InChI is InChI=1S/C14H20BrNO2S/c1-11(12-6-5-7-13(15)10-12)16-19(17,18)14-8-3-2-4-9-14/h5-7,10-11,14,16H,2-4,8-9H2,1H3. The Balaban J connectivity index is 2.07. The zero-order valence-corrected chi connectivity index (χ0v) is 13.5. The van der Waals surface area contributed by atoms with Gasteiger partial charge in [-0.1, -0.05) is 47.3 Å². The van der Waals surface area contributed by atoms with Crippen LogP contribution in [0.2, 0.25) is 0 Å². The molecule has 2 rings (SSSR count). The molecule has 0 radical (unpaired) electrons. The number of halogens is 1. The summed E-state index contributed by atoms with van der Waals surface area (Å²) in [6.45, 7) is 1.89. The molecule has 1 N–H and O–H groups in total. The van der Waals surface area contributed by atoms with Gasteiger partial charge in [-0.05, 0) is 37.5 Å². The lowest BCUT2D eigenvalue weighted by atomic mass is 10.0. The van der Waals surface area contributed by atoms with Crippen LogP contribution in [0.3, 0.4) is 0 Å². The van der Waals surface area contributed by atoms with Gasteiger partial charge < -0.3 is 0 Å². The van der Waals surface area contributed by atoms with Crippen molar-refractivity contribution in [2.45, 2.75) is 50.3 Å².